The molecule has 0 saturated heterocycles. The molecule has 1 aromatic carbocycles. The van der Waals surface area contributed by atoms with E-state index in [1.54, 1.807) is 18.2 Å². The Hall–Kier alpha value is -1.85. The van der Waals surface area contributed by atoms with Crippen LogP contribution in [0.15, 0.2) is 24.3 Å². The van der Waals surface area contributed by atoms with E-state index >= 15 is 0 Å². The van der Waals surface area contributed by atoms with Gasteiger partial charge in [-0.15, -0.1) is 0 Å². The molecule has 4 aliphatic rings. The van der Waals surface area contributed by atoms with Crippen molar-refractivity contribution in [3.8, 4) is 5.75 Å². The van der Waals surface area contributed by atoms with Gasteiger partial charge >= 0.3 is 12.6 Å². The van der Waals surface area contributed by atoms with Gasteiger partial charge in [-0.2, -0.15) is 8.78 Å². The first kappa shape index (κ1) is 15.7. The lowest BCUT2D eigenvalue weighted by molar-refractivity contribution is -0.0493. The highest BCUT2D eigenvalue weighted by Crippen LogP contribution is 2.53. The Morgan fingerprint density at radius 3 is 2.29 bits per heavy atom. The van der Waals surface area contributed by atoms with Crippen molar-refractivity contribution in [3.05, 3.63) is 24.3 Å². The van der Waals surface area contributed by atoms with Crippen LogP contribution in [0.25, 0.3) is 0 Å². The number of para-hydroxylation sites is 2. The molecule has 2 N–H and O–H groups in total. The first-order chi connectivity index (χ1) is 11.6. The first-order valence-corrected chi connectivity index (χ1v) is 8.70. The number of hydrogen-bond donors (Lipinski definition) is 2. The van der Waals surface area contributed by atoms with Crippen LogP contribution in [0.3, 0.4) is 0 Å². The van der Waals surface area contributed by atoms with Crippen molar-refractivity contribution in [2.24, 2.45) is 23.7 Å². The molecule has 0 heterocycles. The summed E-state index contributed by atoms with van der Waals surface area (Å²) < 4.78 is 29.4. The van der Waals surface area contributed by atoms with E-state index in [0.717, 1.165) is 11.8 Å². The number of anilines is 1. The summed E-state index contributed by atoms with van der Waals surface area (Å²) >= 11 is 0. The van der Waals surface area contributed by atoms with E-state index in [1.807, 2.05) is 0 Å². The van der Waals surface area contributed by atoms with E-state index in [2.05, 4.69) is 15.4 Å². The van der Waals surface area contributed by atoms with Crippen molar-refractivity contribution in [2.45, 2.75) is 44.8 Å². The minimum Gasteiger partial charge on any atom is -0.433 e. The van der Waals surface area contributed by atoms with Crippen molar-refractivity contribution < 1.29 is 18.3 Å². The summed E-state index contributed by atoms with van der Waals surface area (Å²) in [5, 5.41) is 5.76. The van der Waals surface area contributed by atoms with Crippen molar-refractivity contribution >= 4 is 11.7 Å². The zero-order chi connectivity index (χ0) is 16.7. The second-order valence-corrected chi connectivity index (χ2v) is 7.43. The monoisotopic (exact) mass is 336 g/mol. The summed E-state index contributed by atoms with van der Waals surface area (Å²) in [6, 6.07) is 6.13. The molecule has 24 heavy (non-hydrogen) atoms. The molecule has 6 heteroatoms. The summed E-state index contributed by atoms with van der Waals surface area (Å²) in [7, 11) is 0. The van der Waals surface area contributed by atoms with Crippen LogP contribution < -0.4 is 15.4 Å². The topological polar surface area (TPSA) is 50.4 Å². The van der Waals surface area contributed by atoms with Crippen molar-refractivity contribution in [2.75, 3.05) is 5.32 Å². The number of hydrogen-bond acceptors (Lipinski definition) is 2. The molecule has 0 unspecified atom stereocenters. The van der Waals surface area contributed by atoms with E-state index in [0.29, 0.717) is 11.8 Å². The lowest BCUT2D eigenvalue weighted by atomic mass is 9.54. The standard InChI is InChI=1S/C18H22F2N2O2/c19-17(20)24-15-4-2-1-3-14(15)21-18(23)22-16-12-6-10-5-11(8-12)9-13(16)7-10/h1-4,10-13,16-17H,5-9H2,(H2,21,22,23). The van der Waals surface area contributed by atoms with Gasteiger partial charge in [-0.3, -0.25) is 0 Å². The fourth-order valence-corrected chi connectivity index (χ4v) is 5.24. The summed E-state index contributed by atoms with van der Waals surface area (Å²) in [5.74, 6) is 2.80. The smallest absolute Gasteiger partial charge is 0.387 e. The minimum atomic E-state index is -2.92. The molecule has 0 spiro atoms. The molecule has 0 aliphatic heterocycles. The number of benzene rings is 1. The maximum Gasteiger partial charge on any atom is 0.387 e. The van der Waals surface area contributed by atoms with Gasteiger partial charge in [0.15, 0.2) is 0 Å². The zero-order valence-corrected chi connectivity index (χ0v) is 13.4. The SMILES string of the molecule is O=C(Nc1ccccc1OC(F)F)NC1C2CC3CC(C2)CC1C3. The number of alkyl halides is 2. The highest BCUT2D eigenvalue weighted by Gasteiger charge is 2.48. The normalized spacial score (nSPS) is 33.5. The highest BCUT2D eigenvalue weighted by molar-refractivity contribution is 5.91. The number of halogens is 2. The van der Waals surface area contributed by atoms with Crippen LogP contribution >= 0.6 is 0 Å². The van der Waals surface area contributed by atoms with E-state index in [-0.39, 0.29) is 23.5 Å². The van der Waals surface area contributed by atoms with E-state index in [4.69, 9.17) is 0 Å². The predicted octanol–water partition coefficient (Wildman–Crippen LogP) is 4.23. The molecule has 5 rings (SSSR count). The van der Waals surface area contributed by atoms with Crippen LogP contribution in [0.4, 0.5) is 19.3 Å². The quantitative estimate of drug-likeness (QED) is 0.864. The van der Waals surface area contributed by atoms with Crippen molar-refractivity contribution in [1.82, 2.24) is 5.32 Å². The number of urea groups is 1. The van der Waals surface area contributed by atoms with Gasteiger partial charge in [0.25, 0.3) is 0 Å². The first-order valence-electron chi connectivity index (χ1n) is 8.70. The van der Waals surface area contributed by atoms with Crippen molar-refractivity contribution in [3.63, 3.8) is 0 Å². The molecule has 0 radical (unpaired) electrons. The second-order valence-electron chi connectivity index (χ2n) is 7.43. The van der Waals surface area contributed by atoms with Crippen LogP contribution in [-0.4, -0.2) is 18.7 Å². The number of carbonyl (C=O) groups excluding carboxylic acids is 1. The van der Waals surface area contributed by atoms with Gasteiger partial charge in [0, 0.05) is 6.04 Å². The molecule has 4 saturated carbocycles. The van der Waals surface area contributed by atoms with Crippen LogP contribution in [0.2, 0.25) is 0 Å². The lowest BCUT2D eigenvalue weighted by Gasteiger charge is -2.54. The van der Waals surface area contributed by atoms with Gasteiger partial charge in [0.2, 0.25) is 0 Å². The molecule has 4 nitrogen and oxygen atoms in total. The third-order valence-corrected chi connectivity index (χ3v) is 5.88. The molecule has 2 amide bonds. The Bertz CT molecular complexity index is 595. The number of amides is 2. The summed E-state index contributed by atoms with van der Waals surface area (Å²) in [6.45, 7) is -2.92. The second kappa shape index (κ2) is 6.22. The largest absolute Gasteiger partial charge is 0.433 e. The van der Waals surface area contributed by atoms with Crippen LogP contribution in [0.5, 0.6) is 5.75 Å². The third-order valence-electron chi connectivity index (χ3n) is 5.88. The van der Waals surface area contributed by atoms with Gasteiger partial charge in [-0.1, -0.05) is 12.1 Å². The Balaban J connectivity index is 1.41. The summed E-state index contributed by atoms with van der Waals surface area (Å²) in [6.07, 6.45) is 6.21. The van der Waals surface area contributed by atoms with Gasteiger partial charge < -0.3 is 15.4 Å². The maximum absolute atomic E-state index is 12.5. The van der Waals surface area contributed by atoms with Crippen molar-refractivity contribution in [1.29, 1.82) is 0 Å². The Morgan fingerprint density at radius 1 is 1.04 bits per heavy atom. The van der Waals surface area contributed by atoms with E-state index in [1.165, 1.54) is 38.2 Å². The molecule has 0 aromatic heterocycles. The Labute approximate surface area is 139 Å². The average Bonchev–Trinajstić information content (AvgIpc) is 2.51. The third kappa shape index (κ3) is 3.06. The number of carbonyl (C=O) groups is 1. The fraction of sp³-hybridized carbons (Fsp3) is 0.611. The van der Waals surface area contributed by atoms with Gasteiger partial charge in [-0.25, -0.2) is 4.79 Å². The molecule has 4 fully saturated rings. The Morgan fingerprint density at radius 2 is 1.67 bits per heavy atom. The maximum atomic E-state index is 12.5. The zero-order valence-electron chi connectivity index (χ0n) is 13.4. The molecule has 4 aliphatic carbocycles. The van der Waals surface area contributed by atoms with Crippen LogP contribution in [-0.2, 0) is 0 Å². The average molecular weight is 336 g/mol. The molecule has 4 bridgehead atoms. The number of rotatable bonds is 4. The predicted molar refractivity (Wildman–Crippen MR) is 86.1 cm³/mol. The lowest BCUT2D eigenvalue weighted by Crippen LogP contribution is -2.56. The van der Waals surface area contributed by atoms with Gasteiger partial charge in [0.05, 0.1) is 5.69 Å². The molecule has 1 aromatic rings. The molecule has 130 valence electrons. The van der Waals surface area contributed by atoms with E-state index < -0.39 is 6.61 Å². The molecule has 0 atom stereocenters. The minimum absolute atomic E-state index is 0.0206. The highest BCUT2D eigenvalue weighted by atomic mass is 19.3. The molecular formula is C18H22F2N2O2. The van der Waals surface area contributed by atoms with E-state index in [9.17, 15) is 13.6 Å². The molecular weight excluding hydrogens is 314 g/mol. The van der Waals surface area contributed by atoms with Gasteiger partial charge in [0.1, 0.15) is 5.75 Å². The summed E-state index contributed by atoms with van der Waals surface area (Å²) in [4.78, 5) is 12.4. The Kier molecular flexibility index (Phi) is 4.06. The van der Waals surface area contributed by atoms with Crippen LogP contribution in [0.1, 0.15) is 32.1 Å². The van der Waals surface area contributed by atoms with Gasteiger partial charge in [-0.05, 0) is 67.9 Å². The summed E-state index contributed by atoms with van der Waals surface area (Å²) in [5.41, 5.74) is 0.263. The fourth-order valence-electron chi connectivity index (χ4n) is 5.24. The number of ether oxygens (including phenoxy) is 1. The number of nitrogens with one attached hydrogen (secondary N) is 2. The van der Waals surface area contributed by atoms with Crippen LogP contribution in [0, 0.1) is 23.7 Å².